The molecule has 24 rings (SSSR count). The summed E-state index contributed by atoms with van der Waals surface area (Å²) in [4.78, 5) is 9.67. The highest BCUT2D eigenvalue weighted by atomic mass is 32.1. The van der Waals surface area contributed by atoms with Crippen molar-refractivity contribution in [2.24, 2.45) is 0 Å². The number of anilines is 12. The zero-order valence-electron chi connectivity index (χ0n) is 66.7. The van der Waals surface area contributed by atoms with Gasteiger partial charge in [0.2, 0.25) is 0 Å². The zero-order valence-corrected chi connectivity index (χ0v) is 68.3. The zero-order chi connectivity index (χ0) is 80.6. The number of rotatable bonds is 15. The minimum Gasteiger partial charge on any atom is -0.453 e. The van der Waals surface area contributed by atoms with Gasteiger partial charge in [-0.2, -0.15) is 0 Å². The van der Waals surface area contributed by atoms with E-state index >= 15 is 0 Å². The lowest BCUT2D eigenvalue weighted by atomic mass is 9.95. The summed E-state index contributed by atoms with van der Waals surface area (Å²) in [6, 6.07) is 151. The molecule has 20 aromatic carbocycles. The van der Waals surface area contributed by atoms with Crippen LogP contribution >= 0.6 is 22.7 Å². The van der Waals surface area contributed by atoms with E-state index in [-0.39, 0.29) is 0 Å². The number of benzene rings is 20. The van der Waals surface area contributed by atoms with Crippen molar-refractivity contribution in [3.05, 3.63) is 424 Å². The minimum absolute atomic E-state index is 0.806. The normalized spacial score (nSPS) is 11.9. The van der Waals surface area contributed by atoms with Crippen molar-refractivity contribution in [2.45, 2.75) is 13.8 Å². The van der Waals surface area contributed by atoms with E-state index in [9.17, 15) is 0 Å². The Balaban J connectivity index is 0.627. The molecule has 0 bridgehead atoms. The van der Waals surface area contributed by atoms with E-state index in [0.717, 1.165) is 162 Å². The topological polar surface area (TPSA) is 39.2 Å². The first-order valence-corrected chi connectivity index (χ1v) is 43.2. The number of hydrogen-bond acceptors (Lipinski definition) is 8. The Morgan fingerprint density at radius 3 is 1.05 bits per heavy atom. The van der Waals surface area contributed by atoms with Gasteiger partial charge in [0, 0.05) is 109 Å². The van der Waals surface area contributed by atoms with Crippen molar-refractivity contribution < 1.29 is 8.83 Å². The first kappa shape index (κ1) is 70.8. The highest BCUT2D eigenvalue weighted by Gasteiger charge is 2.30. The fourth-order valence-electron chi connectivity index (χ4n) is 19.1. The predicted molar refractivity (Wildman–Crippen MR) is 521 cm³/mol. The molecule has 0 atom stereocenters. The second kappa shape index (κ2) is 28.8. The Hall–Kier alpha value is -15.3. The highest BCUT2D eigenvalue weighted by molar-refractivity contribution is 7.27. The van der Waals surface area contributed by atoms with Gasteiger partial charge in [-0.05, 0) is 236 Å². The molecule has 0 saturated carbocycles. The van der Waals surface area contributed by atoms with Crippen LogP contribution in [0.1, 0.15) is 11.1 Å². The van der Waals surface area contributed by atoms with E-state index in [1.165, 1.54) is 78.2 Å². The summed E-state index contributed by atoms with van der Waals surface area (Å²) in [5.74, 6) is 0. The lowest BCUT2D eigenvalue weighted by Gasteiger charge is -2.27. The quantitative estimate of drug-likeness (QED) is 0.102. The minimum atomic E-state index is 0.806. The third kappa shape index (κ3) is 11.7. The molecule has 4 heterocycles. The van der Waals surface area contributed by atoms with Gasteiger partial charge < -0.3 is 28.4 Å². The fraction of sp³-hybridized carbons (Fsp3) is 0.0175. The van der Waals surface area contributed by atoms with Gasteiger partial charge in [0.15, 0.2) is 11.2 Å². The van der Waals surface area contributed by atoms with Crippen LogP contribution in [0.2, 0.25) is 0 Å². The molecule has 0 aliphatic carbocycles. The van der Waals surface area contributed by atoms with Crippen LogP contribution in [0.15, 0.2) is 421 Å². The average Bonchev–Trinajstić information content (AvgIpc) is 1.55. The molecule has 574 valence electrons. The molecule has 0 amide bonds. The third-order valence-electron chi connectivity index (χ3n) is 24.6. The van der Waals surface area contributed by atoms with Crippen LogP contribution in [0, 0.1) is 13.8 Å². The summed E-state index contributed by atoms with van der Waals surface area (Å²) in [7, 11) is 0. The van der Waals surface area contributed by atoms with E-state index in [4.69, 9.17) is 8.83 Å². The summed E-state index contributed by atoms with van der Waals surface area (Å²) in [5.41, 5.74) is 24.8. The van der Waals surface area contributed by atoms with Crippen LogP contribution in [0.5, 0.6) is 0 Å². The molecule has 122 heavy (non-hydrogen) atoms. The van der Waals surface area contributed by atoms with E-state index < -0.39 is 0 Å². The lowest BCUT2D eigenvalue weighted by Crippen LogP contribution is -2.10. The van der Waals surface area contributed by atoms with Gasteiger partial charge >= 0.3 is 0 Å². The number of nitrogens with zero attached hydrogens (tertiary/aromatic N) is 4. The molecule has 0 spiro atoms. The maximum Gasteiger partial charge on any atom is 0.159 e. The Morgan fingerprint density at radius 1 is 0.197 bits per heavy atom. The maximum atomic E-state index is 7.54. The second-order valence-corrected chi connectivity index (χ2v) is 34.0. The summed E-state index contributed by atoms with van der Waals surface area (Å²) in [6.45, 7) is 4.34. The molecule has 0 fully saturated rings. The molecule has 24 aromatic rings. The van der Waals surface area contributed by atoms with Gasteiger partial charge in [-0.3, -0.25) is 0 Å². The van der Waals surface area contributed by atoms with Crippen molar-refractivity contribution in [1.82, 2.24) is 0 Å². The number of thiophene rings is 2. The number of hydrogen-bond donors (Lipinski definition) is 0. The monoisotopic (exact) mass is 1590 g/mol. The molecular weight excluding hydrogens is 1520 g/mol. The van der Waals surface area contributed by atoms with Crippen LogP contribution in [-0.2, 0) is 0 Å². The fourth-order valence-corrected chi connectivity index (χ4v) is 21.6. The summed E-state index contributed by atoms with van der Waals surface area (Å²) in [6.07, 6.45) is 0. The van der Waals surface area contributed by atoms with Crippen LogP contribution in [0.4, 0.5) is 68.2 Å². The van der Waals surface area contributed by atoms with E-state index in [1.807, 2.05) is 22.7 Å². The molecule has 0 N–H and O–H groups in total. The largest absolute Gasteiger partial charge is 0.453 e. The van der Waals surface area contributed by atoms with Crippen LogP contribution in [0.3, 0.4) is 0 Å². The van der Waals surface area contributed by atoms with Crippen molar-refractivity contribution in [1.29, 1.82) is 0 Å². The number of aryl methyl sites for hydroxylation is 2. The molecule has 6 nitrogen and oxygen atoms in total. The van der Waals surface area contributed by atoms with Gasteiger partial charge in [-0.25, -0.2) is 0 Å². The Bertz CT molecular complexity index is 8260. The van der Waals surface area contributed by atoms with Crippen molar-refractivity contribution in [3.8, 4) is 33.4 Å². The molecule has 8 heteroatoms. The first-order chi connectivity index (χ1) is 60.3. The van der Waals surface area contributed by atoms with Crippen molar-refractivity contribution in [2.75, 3.05) is 19.6 Å². The lowest BCUT2D eigenvalue weighted by molar-refractivity contribution is 0.670. The number of furan rings is 2. The van der Waals surface area contributed by atoms with Crippen LogP contribution in [-0.4, -0.2) is 0 Å². The smallest absolute Gasteiger partial charge is 0.159 e. The molecule has 0 aliphatic rings. The predicted octanol–water partition coefficient (Wildman–Crippen LogP) is 34.3. The molecule has 0 radical (unpaired) electrons. The van der Waals surface area contributed by atoms with Crippen molar-refractivity contribution in [3.63, 3.8) is 0 Å². The van der Waals surface area contributed by atoms with Gasteiger partial charge in [-0.1, -0.05) is 267 Å². The standard InChI is InChI=1S/C114H74N4O2S2/c1-71-27-22-41-85(63-71)117(99-49-25-47-95-94-46-24-45-93(109(94)119-111(95)99)74-29-8-3-9-30-74)87-57-59-91-78(65-87)53-61-103-105(91)106-92-60-58-88(66-79(92)54-62-104(106)121-103)118(86-42-23-28-72(2)64-86)100-50-26-48-96-98-68-80(67-97(110(98)120-112(96)100)75-31-10-4-11-32-75)73-51-55-84(56-52-73)116(83-39-16-7-17-40-83)102-70-77-34-19-21-44-90(77)108-107-89-43-20-18-33-76(89)69-101(113(107)122-114(102)108)115(81-35-12-5-13-36-81)82-37-14-6-15-38-82/h3-70H,1-2H3. The van der Waals surface area contributed by atoms with Gasteiger partial charge in [-0.15, -0.1) is 22.7 Å². The molecular formula is C114H74N4O2S2. The number of fused-ring (bicyclic) bond motifs is 20. The summed E-state index contributed by atoms with van der Waals surface area (Å²) in [5, 5.41) is 18.8. The molecule has 0 aliphatic heterocycles. The van der Waals surface area contributed by atoms with Crippen LogP contribution < -0.4 is 19.6 Å². The Kier molecular flexibility index (Phi) is 16.7. The molecule has 0 saturated heterocycles. The third-order valence-corrected chi connectivity index (χ3v) is 26.9. The Labute approximate surface area is 712 Å². The Morgan fingerprint density at radius 2 is 0.557 bits per heavy atom. The van der Waals surface area contributed by atoms with Gasteiger partial charge in [0.05, 0.1) is 32.1 Å². The highest BCUT2D eigenvalue weighted by Crippen LogP contribution is 2.56. The summed E-state index contributed by atoms with van der Waals surface area (Å²) < 4.78 is 19.6. The first-order valence-electron chi connectivity index (χ1n) is 41.6. The van der Waals surface area contributed by atoms with Crippen LogP contribution in [0.25, 0.3) is 161 Å². The maximum absolute atomic E-state index is 7.54. The number of para-hydroxylation sites is 6. The molecule has 0 unspecified atom stereocenters. The van der Waals surface area contributed by atoms with Crippen molar-refractivity contribution >= 4 is 218 Å². The SMILES string of the molecule is Cc1cccc(N(c2ccc3c(ccc4sc5ccc6cc(N(c7cccc(C)c7)c7cccc8c7oc7c(-c9ccccc9)cc(-c9ccc(N(c%10ccccc%10)c%10cc%11ccccc%11c%11c%10sc%10c(N(c%12ccccc%12)c%12ccccc%12)cc%12ccccc%12c%10%11)cc9)cc78)ccc6c5c43)c2)c2cccc3c2oc2c(-c4ccccc4)cccc23)c1. The summed E-state index contributed by atoms with van der Waals surface area (Å²) >= 11 is 3.75. The van der Waals surface area contributed by atoms with Gasteiger partial charge in [0.25, 0.3) is 0 Å². The average molecular weight is 1600 g/mol. The van der Waals surface area contributed by atoms with Gasteiger partial charge in [0.1, 0.15) is 11.2 Å². The molecule has 4 aromatic heterocycles. The second-order valence-electron chi connectivity index (χ2n) is 31.9. The van der Waals surface area contributed by atoms with E-state index in [1.54, 1.807) is 0 Å². The van der Waals surface area contributed by atoms with E-state index in [0.29, 0.717) is 0 Å². The van der Waals surface area contributed by atoms with E-state index in [2.05, 4.69) is 446 Å².